The molecule has 0 atom stereocenters. The van der Waals surface area contributed by atoms with Gasteiger partial charge in [0.15, 0.2) is 0 Å². The van der Waals surface area contributed by atoms with Crippen LogP contribution in [0.3, 0.4) is 0 Å². The number of carbonyl (C=O) groups is 1. The van der Waals surface area contributed by atoms with Gasteiger partial charge in [-0.15, -0.1) is 0 Å². The first-order chi connectivity index (χ1) is 13.3. The number of hydrogen-bond donors (Lipinski definition) is 1. The van der Waals surface area contributed by atoms with Crippen molar-refractivity contribution in [1.29, 1.82) is 0 Å². The fourth-order valence-electron chi connectivity index (χ4n) is 2.79. The van der Waals surface area contributed by atoms with Crippen molar-refractivity contribution in [3.05, 3.63) is 79.8 Å². The summed E-state index contributed by atoms with van der Waals surface area (Å²) in [6.45, 7) is -0.00267. The number of hydrogen-bond acceptors (Lipinski definition) is 6. The minimum atomic E-state index is -0.892. The molecule has 0 fully saturated rings. The van der Waals surface area contributed by atoms with E-state index in [2.05, 4.69) is 4.98 Å². The second-order valence-electron chi connectivity index (χ2n) is 6.00. The lowest BCUT2D eigenvalue weighted by Crippen LogP contribution is -2.08. The molecule has 1 N–H and O–H groups in total. The van der Waals surface area contributed by atoms with Crippen LogP contribution < -0.4 is 0 Å². The summed E-state index contributed by atoms with van der Waals surface area (Å²) in [4.78, 5) is 35.2. The molecule has 0 saturated heterocycles. The highest BCUT2D eigenvalue weighted by molar-refractivity contribution is 5.91. The summed E-state index contributed by atoms with van der Waals surface area (Å²) in [7, 11) is 0. The Morgan fingerprint density at radius 1 is 1.07 bits per heavy atom. The Morgan fingerprint density at radius 3 is 2.39 bits per heavy atom. The standard InChI is InChI=1S/C18H14FN3O6/c19-13-3-4-17-16(8-13)11(10-20-17)2-1-5-28-18(23)12-6-14(21(24)25)9-15(7-12)22(26)27/h3-4,6-10,20H,1-2,5H2. The third-order valence-electron chi connectivity index (χ3n) is 4.11. The van der Waals surface area contributed by atoms with Gasteiger partial charge in [0.05, 0.1) is 28.1 Å². The highest BCUT2D eigenvalue weighted by atomic mass is 19.1. The van der Waals surface area contributed by atoms with Crippen LogP contribution in [-0.4, -0.2) is 27.4 Å². The van der Waals surface area contributed by atoms with Crippen molar-refractivity contribution in [1.82, 2.24) is 4.98 Å². The van der Waals surface area contributed by atoms with E-state index < -0.39 is 27.2 Å². The number of benzene rings is 2. The highest BCUT2D eigenvalue weighted by Gasteiger charge is 2.20. The molecule has 0 aliphatic carbocycles. The van der Waals surface area contributed by atoms with E-state index in [1.54, 1.807) is 12.3 Å². The van der Waals surface area contributed by atoms with Gasteiger partial charge in [0.2, 0.25) is 0 Å². The molecule has 0 saturated carbocycles. The van der Waals surface area contributed by atoms with Gasteiger partial charge in [-0.25, -0.2) is 9.18 Å². The van der Waals surface area contributed by atoms with E-state index >= 15 is 0 Å². The number of rotatable bonds is 7. The predicted octanol–water partition coefficient (Wildman–Crippen LogP) is 3.91. The summed E-state index contributed by atoms with van der Waals surface area (Å²) in [5.74, 6) is -1.25. The van der Waals surface area contributed by atoms with Crippen LogP contribution in [0, 0.1) is 26.0 Å². The Hall–Kier alpha value is -3.82. The van der Waals surface area contributed by atoms with Gasteiger partial charge in [0.25, 0.3) is 11.4 Å². The van der Waals surface area contributed by atoms with Gasteiger partial charge >= 0.3 is 5.97 Å². The molecule has 0 bridgehead atoms. The molecule has 9 nitrogen and oxygen atoms in total. The van der Waals surface area contributed by atoms with Crippen LogP contribution in [0.1, 0.15) is 22.3 Å². The fraction of sp³-hybridized carbons (Fsp3) is 0.167. The number of fused-ring (bicyclic) bond motifs is 1. The van der Waals surface area contributed by atoms with E-state index in [0.29, 0.717) is 12.8 Å². The molecule has 2 aromatic carbocycles. The van der Waals surface area contributed by atoms with Crippen LogP contribution in [0.4, 0.5) is 15.8 Å². The van der Waals surface area contributed by atoms with Crippen molar-refractivity contribution in [3.63, 3.8) is 0 Å². The average Bonchev–Trinajstić information content (AvgIpc) is 3.06. The van der Waals surface area contributed by atoms with Crippen LogP contribution in [0.15, 0.2) is 42.6 Å². The van der Waals surface area contributed by atoms with Crippen molar-refractivity contribution in [2.24, 2.45) is 0 Å². The van der Waals surface area contributed by atoms with Gasteiger partial charge in [-0.1, -0.05) is 0 Å². The molecular formula is C18H14FN3O6. The third-order valence-corrected chi connectivity index (χ3v) is 4.11. The van der Waals surface area contributed by atoms with E-state index in [-0.39, 0.29) is 18.0 Å². The number of non-ortho nitro benzene ring substituents is 2. The molecule has 0 amide bonds. The maximum absolute atomic E-state index is 13.4. The molecule has 0 radical (unpaired) electrons. The Morgan fingerprint density at radius 2 is 1.75 bits per heavy atom. The van der Waals surface area contributed by atoms with Crippen LogP contribution in [-0.2, 0) is 11.2 Å². The first-order valence-corrected chi connectivity index (χ1v) is 8.21. The van der Waals surface area contributed by atoms with E-state index in [4.69, 9.17) is 4.74 Å². The lowest BCUT2D eigenvalue weighted by Gasteiger charge is -2.05. The Labute approximate surface area is 157 Å². The van der Waals surface area contributed by atoms with E-state index in [0.717, 1.165) is 34.7 Å². The normalized spacial score (nSPS) is 10.8. The summed E-state index contributed by atoms with van der Waals surface area (Å²) < 4.78 is 18.4. The molecule has 10 heteroatoms. The molecule has 3 rings (SSSR count). The average molecular weight is 387 g/mol. The minimum Gasteiger partial charge on any atom is -0.462 e. The second kappa shape index (κ2) is 7.82. The summed E-state index contributed by atoms with van der Waals surface area (Å²) in [6, 6.07) is 7.02. The fourth-order valence-corrected chi connectivity index (χ4v) is 2.79. The van der Waals surface area contributed by atoms with Crippen molar-refractivity contribution in [3.8, 4) is 0 Å². The quantitative estimate of drug-likeness (QED) is 0.283. The smallest absolute Gasteiger partial charge is 0.338 e. The van der Waals surface area contributed by atoms with Gasteiger partial charge in [-0.05, 0) is 36.6 Å². The zero-order chi connectivity index (χ0) is 20.3. The first-order valence-electron chi connectivity index (χ1n) is 8.21. The zero-order valence-corrected chi connectivity index (χ0v) is 14.4. The molecule has 144 valence electrons. The predicted molar refractivity (Wildman–Crippen MR) is 96.6 cm³/mol. The molecule has 3 aromatic rings. The number of nitro groups is 2. The SMILES string of the molecule is O=C(OCCCc1c[nH]c2ccc(F)cc12)c1cc([N+](=O)[O-])cc([N+](=O)[O-])c1. The Bertz CT molecular complexity index is 1050. The summed E-state index contributed by atoms with van der Waals surface area (Å²) in [5.41, 5.74) is 0.243. The maximum atomic E-state index is 13.4. The molecule has 1 aromatic heterocycles. The Kier molecular flexibility index (Phi) is 5.30. The van der Waals surface area contributed by atoms with Crippen LogP contribution in [0.2, 0.25) is 0 Å². The van der Waals surface area contributed by atoms with Gasteiger partial charge in [0, 0.05) is 29.2 Å². The summed E-state index contributed by atoms with van der Waals surface area (Å²) in [5, 5.41) is 22.5. The molecule has 0 spiro atoms. The number of nitrogens with zero attached hydrogens (tertiary/aromatic N) is 2. The summed E-state index contributed by atoms with van der Waals surface area (Å²) >= 11 is 0. The van der Waals surface area contributed by atoms with Gasteiger partial charge < -0.3 is 9.72 Å². The molecule has 1 heterocycles. The minimum absolute atomic E-state index is 0.00267. The molecule has 0 aliphatic heterocycles. The zero-order valence-electron chi connectivity index (χ0n) is 14.4. The van der Waals surface area contributed by atoms with E-state index in [9.17, 15) is 29.4 Å². The van der Waals surface area contributed by atoms with Gasteiger partial charge in [-0.3, -0.25) is 20.2 Å². The second-order valence-corrected chi connectivity index (χ2v) is 6.00. The number of halogens is 1. The number of esters is 1. The maximum Gasteiger partial charge on any atom is 0.338 e. The van der Waals surface area contributed by atoms with Crippen LogP contribution in [0.5, 0.6) is 0 Å². The van der Waals surface area contributed by atoms with Crippen LogP contribution >= 0.6 is 0 Å². The number of H-pyrrole nitrogens is 1. The number of aromatic nitrogens is 1. The number of nitro benzene ring substituents is 2. The van der Waals surface area contributed by atoms with Crippen LogP contribution in [0.25, 0.3) is 10.9 Å². The molecule has 0 aliphatic rings. The lowest BCUT2D eigenvalue weighted by molar-refractivity contribution is -0.394. The van der Waals surface area contributed by atoms with Crippen molar-refractivity contribution >= 4 is 28.2 Å². The largest absolute Gasteiger partial charge is 0.462 e. The highest BCUT2D eigenvalue weighted by Crippen LogP contribution is 2.24. The van der Waals surface area contributed by atoms with Gasteiger partial charge in [0.1, 0.15) is 5.82 Å². The lowest BCUT2D eigenvalue weighted by atomic mass is 10.1. The topological polar surface area (TPSA) is 128 Å². The van der Waals surface area contributed by atoms with Crippen molar-refractivity contribution in [2.75, 3.05) is 6.61 Å². The van der Waals surface area contributed by atoms with Crippen molar-refractivity contribution < 1.29 is 23.8 Å². The monoisotopic (exact) mass is 387 g/mol. The summed E-state index contributed by atoms with van der Waals surface area (Å²) in [6.07, 6.45) is 2.67. The number of aryl methyl sites for hydroxylation is 1. The van der Waals surface area contributed by atoms with Crippen molar-refractivity contribution in [2.45, 2.75) is 12.8 Å². The number of carbonyl (C=O) groups excluding carboxylic acids is 1. The Balaban J connectivity index is 1.63. The molecule has 28 heavy (non-hydrogen) atoms. The van der Waals surface area contributed by atoms with E-state index in [1.807, 2.05) is 0 Å². The first kappa shape index (κ1) is 19.0. The number of ether oxygens (including phenoxy) is 1. The van der Waals surface area contributed by atoms with E-state index in [1.165, 1.54) is 12.1 Å². The number of aromatic amines is 1. The van der Waals surface area contributed by atoms with Gasteiger partial charge in [-0.2, -0.15) is 0 Å². The number of nitrogens with one attached hydrogen (secondary N) is 1. The third kappa shape index (κ3) is 4.11. The molecule has 0 unspecified atom stereocenters. The molecular weight excluding hydrogens is 373 g/mol.